The molecule has 0 atom stereocenters. The Kier molecular flexibility index (Phi) is 3.59. The molecule has 0 unspecified atom stereocenters. The third-order valence-electron chi connectivity index (χ3n) is 3.98. The van der Waals surface area contributed by atoms with E-state index in [2.05, 4.69) is 16.3 Å². The number of rotatable bonds is 3. The molecule has 2 aromatic heterocycles. The summed E-state index contributed by atoms with van der Waals surface area (Å²) in [7, 11) is 0. The summed E-state index contributed by atoms with van der Waals surface area (Å²) in [5.74, 6) is 0.746. The first-order chi connectivity index (χ1) is 11.2. The predicted molar refractivity (Wildman–Crippen MR) is 93.2 cm³/mol. The number of benzene rings is 1. The van der Waals surface area contributed by atoms with Crippen LogP contribution in [0.3, 0.4) is 0 Å². The summed E-state index contributed by atoms with van der Waals surface area (Å²) in [6.07, 6.45) is 0.899. The van der Waals surface area contributed by atoms with Crippen molar-refractivity contribution in [1.29, 1.82) is 0 Å². The average molecular weight is 342 g/mol. The maximum Gasteiger partial charge on any atom is 0.247 e. The lowest BCUT2D eigenvalue weighted by Gasteiger charge is -2.18. The molecule has 1 N–H and O–H groups in total. The van der Waals surface area contributed by atoms with Crippen LogP contribution in [0.4, 0.5) is 5.69 Å². The van der Waals surface area contributed by atoms with Crippen molar-refractivity contribution in [3.05, 3.63) is 52.1 Å². The summed E-state index contributed by atoms with van der Waals surface area (Å²) in [5, 5.41) is 9.04. The number of anilines is 1. The Morgan fingerprint density at radius 3 is 3.00 bits per heavy atom. The van der Waals surface area contributed by atoms with Crippen LogP contribution in [0.5, 0.6) is 0 Å². The van der Waals surface area contributed by atoms with Crippen molar-refractivity contribution in [2.24, 2.45) is 0 Å². The minimum atomic E-state index is 0.0326. The van der Waals surface area contributed by atoms with E-state index >= 15 is 0 Å². The number of carbonyl (C=O) groups is 1. The molecular weight excluding hydrogens is 328 g/mol. The van der Waals surface area contributed by atoms with E-state index in [1.165, 1.54) is 5.56 Å². The standard InChI is InChI=1S/C16H14N4OS2/c21-14(19-8-7-11-4-1-2-5-12(11)19)10-20-15(17-18-16(20)22)13-6-3-9-23-13/h1-6,9H,7-8,10H2,(H,18,22). The molecule has 1 aromatic carbocycles. The summed E-state index contributed by atoms with van der Waals surface area (Å²) in [6.45, 7) is 0.911. The van der Waals surface area contributed by atoms with E-state index in [1.807, 2.05) is 40.6 Å². The van der Waals surface area contributed by atoms with Crippen molar-refractivity contribution in [2.75, 3.05) is 11.4 Å². The monoisotopic (exact) mass is 342 g/mol. The zero-order chi connectivity index (χ0) is 15.8. The molecule has 0 aliphatic carbocycles. The van der Waals surface area contributed by atoms with Crippen LogP contribution in [0.15, 0.2) is 41.8 Å². The molecule has 0 bridgehead atoms. The Morgan fingerprint density at radius 2 is 2.17 bits per heavy atom. The Labute approximate surface area is 142 Å². The first-order valence-electron chi connectivity index (χ1n) is 7.31. The number of nitrogens with zero attached hydrogens (tertiary/aromatic N) is 3. The van der Waals surface area contributed by atoms with Crippen LogP contribution in [0.25, 0.3) is 10.7 Å². The van der Waals surface area contributed by atoms with Gasteiger partial charge < -0.3 is 4.90 Å². The molecule has 0 fully saturated rings. The molecule has 0 saturated heterocycles. The number of amides is 1. The van der Waals surface area contributed by atoms with E-state index < -0.39 is 0 Å². The number of aromatic nitrogens is 3. The number of H-pyrrole nitrogens is 1. The van der Waals surface area contributed by atoms with Crippen molar-refractivity contribution < 1.29 is 4.79 Å². The van der Waals surface area contributed by atoms with Gasteiger partial charge in [0.1, 0.15) is 6.54 Å². The van der Waals surface area contributed by atoms with Crippen LogP contribution in [0.2, 0.25) is 0 Å². The highest BCUT2D eigenvalue weighted by Gasteiger charge is 2.25. The third kappa shape index (κ3) is 2.51. The van der Waals surface area contributed by atoms with Crippen molar-refractivity contribution in [2.45, 2.75) is 13.0 Å². The Balaban J connectivity index is 1.64. The average Bonchev–Trinajstić information content (AvgIpc) is 3.28. The number of thiophene rings is 1. The molecule has 1 amide bonds. The first kappa shape index (κ1) is 14.3. The lowest BCUT2D eigenvalue weighted by Crippen LogP contribution is -2.32. The zero-order valence-electron chi connectivity index (χ0n) is 12.2. The van der Waals surface area contributed by atoms with Crippen LogP contribution in [0.1, 0.15) is 5.56 Å². The van der Waals surface area contributed by atoms with Crippen molar-refractivity contribution in [1.82, 2.24) is 14.8 Å². The lowest BCUT2D eigenvalue weighted by atomic mass is 10.2. The molecule has 5 nitrogen and oxygen atoms in total. The van der Waals surface area contributed by atoms with Gasteiger partial charge in [0.05, 0.1) is 4.88 Å². The van der Waals surface area contributed by atoms with Crippen LogP contribution < -0.4 is 4.90 Å². The van der Waals surface area contributed by atoms with Crippen molar-refractivity contribution in [3.8, 4) is 10.7 Å². The molecule has 7 heteroatoms. The van der Waals surface area contributed by atoms with Crippen LogP contribution in [-0.2, 0) is 17.8 Å². The highest BCUT2D eigenvalue weighted by atomic mass is 32.1. The molecule has 0 radical (unpaired) electrons. The molecular formula is C16H14N4OS2. The summed E-state index contributed by atoms with van der Waals surface area (Å²) < 4.78 is 2.24. The van der Waals surface area contributed by atoms with E-state index in [4.69, 9.17) is 12.2 Å². The topological polar surface area (TPSA) is 53.9 Å². The maximum absolute atomic E-state index is 12.8. The summed E-state index contributed by atoms with van der Waals surface area (Å²) in [6, 6.07) is 12.0. The number of hydrogen-bond donors (Lipinski definition) is 1. The fourth-order valence-corrected chi connectivity index (χ4v) is 3.79. The van der Waals surface area contributed by atoms with Gasteiger partial charge in [-0.2, -0.15) is 5.10 Å². The highest BCUT2D eigenvalue weighted by molar-refractivity contribution is 7.71. The van der Waals surface area contributed by atoms with Gasteiger partial charge in [0.2, 0.25) is 5.91 Å². The maximum atomic E-state index is 12.8. The van der Waals surface area contributed by atoms with E-state index in [9.17, 15) is 4.79 Å². The summed E-state index contributed by atoms with van der Waals surface area (Å²) in [4.78, 5) is 15.6. The lowest BCUT2D eigenvalue weighted by molar-refractivity contribution is -0.119. The summed E-state index contributed by atoms with van der Waals surface area (Å²) >= 11 is 6.87. The summed E-state index contributed by atoms with van der Waals surface area (Å²) in [5.41, 5.74) is 2.22. The van der Waals surface area contributed by atoms with Gasteiger partial charge in [-0.15, -0.1) is 11.3 Å². The number of para-hydroxylation sites is 1. The van der Waals surface area contributed by atoms with Gasteiger partial charge in [-0.3, -0.25) is 14.5 Å². The fraction of sp³-hybridized carbons (Fsp3) is 0.188. The Bertz CT molecular complexity index is 910. The Hall–Kier alpha value is -2.25. The van der Waals surface area contributed by atoms with Crippen LogP contribution >= 0.6 is 23.6 Å². The normalized spacial score (nSPS) is 13.3. The molecule has 4 rings (SSSR count). The molecule has 0 spiro atoms. The molecule has 116 valence electrons. The van der Waals surface area contributed by atoms with Crippen LogP contribution in [-0.4, -0.2) is 27.2 Å². The van der Waals surface area contributed by atoms with Gasteiger partial charge in [-0.1, -0.05) is 24.3 Å². The largest absolute Gasteiger partial charge is 0.310 e. The Morgan fingerprint density at radius 1 is 1.30 bits per heavy atom. The van der Waals surface area contributed by atoms with Crippen LogP contribution in [0, 0.1) is 4.77 Å². The van der Waals surface area contributed by atoms with E-state index in [1.54, 1.807) is 15.9 Å². The molecule has 3 heterocycles. The second-order valence-corrected chi connectivity index (χ2v) is 6.67. The third-order valence-corrected chi connectivity index (χ3v) is 5.16. The second-order valence-electron chi connectivity index (χ2n) is 5.34. The minimum absolute atomic E-state index is 0.0326. The molecule has 1 aliphatic rings. The van der Waals surface area contributed by atoms with Gasteiger partial charge in [0, 0.05) is 12.2 Å². The van der Waals surface area contributed by atoms with Gasteiger partial charge in [-0.05, 0) is 41.7 Å². The van der Waals surface area contributed by atoms with Crippen molar-refractivity contribution >= 4 is 35.1 Å². The van der Waals surface area contributed by atoms with Gasteiger partial charge in [-0.25, -0.2) is 0 Å². The number of hydrogen-bond acceptors (Lipinski definition) is 4. The number of carbonyl (C=O) groups excluding carboxylic acids is 1. The molecule has 3 aromatic rings. The van der Waals surface area contributed by atoms with Gasteiger partial charge in [0.15, 0.2) is 10.6 Å². The highest BCUT2D eigenvalue weighted by Crippen LogP contribution is 2.28. The SMILES string of the molecule is O=C(Cn1c(-c2cccs2)n[nH]c1=S)N1CCc2ccccc21. The molecule has 23 heavy (non-hydrogen) atoms. The zero-order valence-corrected chi connectivity index (χ0v) is 13.9. The number of nitrogens with one attached hydrogen (secondary N) is 1. The van der Waals surface area contributed by atoms with Crippen molar-refractivity contribution in [3.63, 3.8) is 0 Å². The molecule has 1 aliphatic heterocycles. The fourth-order valence-electron chi connectivity index (χ4n) is 2.88. The van der Waals surface area contributed by atoms with E-state index in [-0.39, 0.29) is 12.5 Å². The van der Waals surface area contributed by atoms with E-state index in [0.29, 0.717) is 10.6 Å². The minimum Gasteiger partial charge on any atom is -0.310 e. The number of fused-ring (bicyclic) bond motifs is 1. The van der Waals surface area contributed by atoms with Gasteiger partial charge >= 0.3 is 0 Å². The first-order valence-corrected chi connectivity index (χ1v) is 8.60. The number of aromatic amines is 1. The van der Waals surface area contributed by atoms with Gasteiger partial charge in [0.25, 0.3) is 0 Å². The quantitative estimate of drug-likeness (QED) is 0.743. The molecule has 0 saturated carbocycles. The second kappa shape index (κ2) is 5.75. The smallest absolute Gasteiger partial charge is 0.247 e. The predicted octanol–water partition coefficient (Wildman–Crippen LogP) is 3.26. The van der Waals surface area contributed by atoms with E-state index in [0.717, 1.165) is 23.5 Å².